The molecule has 2 atom stereocenters. The molecule has 3 heterocycles. The van der Waals surface area contributed by atoms with Crippen molar-refractivity contribution in [3.63, 3.8) is 0 Å². The van der Waals surface area contributed by atoms with Gasteiger partial charge in [0.1, 0.15) is 11.6 Å². The summed E-state index contributed by atoms with van der Waals surface area (Å²) in [5.41, 5.74) is 4.75. The van der Waals surface area contributed by atoms with Gasteiger partial charge < -0.3 is 19.6 Å². The smallest absolute Gasteiger partial charge is 0.310 e. The van der Waals surface area contributed by atoms with E-state index >= 15 is 0 Å². The first-order chi connectivity index (χ1) is 20.2. The van der Waals surface area contributed by atoms with Crippen LogP contribution in [0.15, 0.2) is 85.1 Å². The molecule has 1 aliphatic rings. The molecule has 8 heteroatoms. The fourth-order valence-electron chi connectivity index (χ4n) is 6.02. The van der Waals surface area contributed by atoms with E-state index in [-0.39, 0.29) is 12.2 Å². The minimum atomic E-state index is -0.0957. The number of methoxy groups -OCH3 is 1. The minimum absolute atomic E-state index is 0.0845. The molecule has 41 heavy (non-hydrogen) atoms. The number of carbonyl (C=O) groups excluding carboxylic acids is 1. The number of ether oxygens (including phenoxy) is 1. The van der Waals surface area contributed by atoms with Crippen LogP contribution < -0.4 is 10.1 Å². The maximum absolute atomic E-state index is 11.4. The van der Waals surface area contributed by atoms with E-state index in [4.69, 9.17) is 14.9 Å². The van der Waals surface area contributed by atoms with Gasteiger partial charge in [-0.2, -0.15) is 0 Å². The summed E-state index contributed by atoms with van der Waals surface area (Å²) in [6.45, 7) is 1.51. The Balaban J connectivity index is 1.40. The Kier molecular flexibility index (Phi) is 8.09. The van der Waals surface area contributed by atoms with Gasteiger partial charge in [0.05, 0.1) is 25.9 Å². The van der Waals surface area contributed by atoms with Crippen LogP contribution in [0.1, 0.15) is 47.2 Å². The monoisotopic (exact) mass is 547 g/mol. The lowest BCUT2D eigenvalue weighted by Crippen LogP contribution is -2.44. The van der Waals surface area contributed by atoms with Crippen molar-refractivity contribution in [2.24, 2.45) is 0 Å². The molecule has 0 aliphatic carbocycles. The standard InChI is InChI=1S/C33H35N6O2/c1-41-27-16-13-25(14-17-27)22-39-32(18-15-24-8-3-2-4-9-24)36-37-33(39)30(38-19-7-12-31(38)35-23-40)20-26-21-34-29-11-6-5-10-28(26)29/h2-6,8-11,13-14,16-17,21,30-31,34H,7,12,15,18-20,22H2,1H3,(H,35,40)/t30-,31-/m1/s1. The molecule has 1 fully saturated rings. The Bertz CT molecular complexity index is 1580. The normalized spacial score (nSPS) is 16.2. The lowest BCUT2D eigenvalue weighted by Gasteiger charge is -2.32. The summed E-state index contributed by atoms with van der Waals surface area (Å²) in [5, 5.41) is 13.8. The van der Waals surface area contributed by atoms with Gasteiger partial charge in [-0.05, 0) is 60.6 Å². The minimum Gasteiger partial charge on any atom is -0.497 e. The van der Waals surface area contributed by atoms with E-state index in [0.717, 1.165) is 67.1 Å². The molecule has 5 aromatic rings. The molecule has 0 unspecified atom stereocenters. The third kappa shape index (κ3) is 5.88. The highest BCUT2D eigenvalue weighted by atomic mass is 16.5. The summed E-state index contributed by atoms with van der Waals surface area (Å²) < 4.78 is 7.68. The first-order valence-corrected chi connectivity index (χ1v) is 14.3. The van der Waals surface area contributed by atoms with Crippen molar-refractivity contribution in [1.82, 2.24) is 30.0 Å². The molecule has 1 saturated heterocycles. The number of H-pyrrole nitrogens is 1. The number of aromatic amines is 1. The van der Waals surface area contributed by atoms with Crippen LogP contribution in [-0.2, 0) is 30.6 Å². The van der Waals surface area contributed by atoms with Gasteiger partial charge in [-0.1, -0.05) is 60.7 Å². The predicted octanol–water partition coefficient (Wildman–Crippen LogP) is 4.96. The maximum atomic E-state index is 11.4. The van der Waals surface area contributed by atoms with Crippen molar-refractivity contribution in [1.29, 1.82) is 0 Å². The van der Waals surface area contributed by atoms with Gasteiger partial charge in [0.25, 0.3) is 0 Å². The molecular weight excluding hydrogens is 512 g/mol. The topological polar surface area (TPSA) is 88.1 Å². The Hall–Kier alpha value is -4.43. The van der Waals surface area contributed by atoms with Gasteiger partial charge >= 0.3 is 6.41 Å². The summed E-state index contributed by atoms with van der Waals surface area (Å²) >= 11 is 0. The number of para-hydroxylation sites is 1. The Labute approximate surface area is 240 Å². The molecule has 1 aliphatic heterocycles. The fourth-order valence-corrected chi connectivity index (χ4v) is 6.02. The SMILES string of the molecule is COc1ccc(Cn2c(CCc3ccccc3)nnc2[C@@H](Cc2c[nH]c3ccccc23)N2CCC[C@@H]2N[C]=O)cc1. The van der Waals surface area contributed by atoms with E-state index in [0.29, 0.717) is 6.54 Å². The van der Waals surface area contributed by atoms with E-state index in [1.54, 1.807) is 7.11 Å². The number of aryl methyl sites for hydroxylation is 2. The molecule has 0 saturated carbocycles. The molecule has 6 rings (SSSR count). The second kappa shape index (κ2) is 12.4. The lowest BCUT2D eigenvalue weighted by molar-refractivity contribution is 0.157. The van der Waals surface area contributed by atoms with Crippen LogP contribution in [0.25, 0.3) is 10.9 Å². The number of fused-ring (bicyclic) bond motifs is 1. The number of rotatable bonds is 12. The van der Waals surface area contributed by atoms with Gasteiger partial charge in [0.15, 0.2) is 5.82 Å². The predicted molar refractivity (Wildman–Crippen MR) is 159 cm³/mol. The highest BCUT2D eigenvalue weighted by Crippen LogP contribution is 2.33. The van der Waals surface area contributed by atoms with E-state index in [1.165, 1.54) is 16.5 Å². The van der Waals surface area contributed by atoms with Crippen molar-refractivity contribution in [2.75, 3.05) is 13.7 Å². The van der Waals surface area contributed by atoms with E-state index in [1.807, 2.05) is 30.7 Å². The van der Waals surface area contributed by atoms with Crippen molar-refractivity contribution in [3.05, 3.63) is 113 Å². The number of likely N-dealkylation sites (tertiary alicyclic amines) is 1. The molecule has 3 aromatic carbocycles. The number of hydrogen-bond acceptors (Lipinski definition) is 5. The van der Waals surface area contributed by atoms with Crippen LogP contribution in [0.2, 0.25) is 0 Å². The van der Waals surface area contributed by atoms with Gasteiger partial charge in [-0.3, -0.25) is 9.69 Å². The second-order valence-corrected chi connectivity index (χ2v) is 10.6. The number of nitrogens with zero attached hydrogens (tertiary/aromatic N) is 4. The Morgan fingerprint density at radius 1 is 1.00 bits per heavy atom. The fraction of sp³-hybridized carbons (Fsp3) is 0.303. The number of amides is 1. The average molecular weight is 548 g/mol. The van der Waals surface area contributed by atoms with Crippen molar-refractivity contribution in [2.45, 2.75) is 50.9 Å². The van der Waals surface area contributed by atoms with Crippen molar-refractivity contribution in [3.8, 4) is 5.75 Å². The third-order valence-electron chi connectivity index (χ3n) is 8.14. The lowest BCUT2D eigenvalue weighted by atomic mass is 10.0. The first kappa shape index (κ1) is 26.8. The van der Waals surface area contributed by atoms with Crippen molar-refractivity contribution < 1.29 is 9.53 Å². The molecule has 209 valence electrons. The molecule has 2 aromatic heterocycles. The van der Waals surface area contributed by atoms with Gasteiger partial charge in [-0.25, -0.2) is 0 Å². The number of benzene rings is 3. The highest BCUT2D eigenvalue weighted by Gasteiger charge is 2.35. The van der Waals surface area contributed by atoms with Crippen LogP contribution >= 0.6 is 0 Å². The zero-order valence-corrected chi connectivity index (χ0v) is 23.3. The molecule has 2 N–H and O–H groups in total. The average Bonchev–Trinajstić information content (AvgIpc) is 3.75. The second-order valence-electron chi connectivity index (χ2n) is 10.6. The Morgan fingerprint density at radius 3 is 2.61 bits per heavy atom. The van der Waals surface area contributed by atoms with Gasteiger partial charge in [0.2, 0.25) is 0 Å². The molecule has 1 radical (unpaired) electrons. The quantitative estimate of drug-likeness (QED) is 0.216. The van der Waals surface area contributed by atoms with E-state index in [9.17, 15) is 4.79 Å². The number of hydrogen-bond donors (Lipinski definition) is 2. The first-order valence-electron chi connectivity index (χ1n) is 14.3. The largest absolute Gasteiger partial charge is 0.497 e. The number of nitrogens with one attached hydrogen (secondary N) is 2. The molecular formula is C33H35N6O2. The molecule has 0 spiro atoms. The Morgan fingerprint density at radius 2 is 1.80 bits per heavy atom. The highest BCUT2D eigenvalue weighted by molar-refractivity contribution is 5.83. The van der Waals surface area contributed by atoms with Crippen LogP contribution in [-0.4, -0.2) is 50.9 Å². The van der Waals surface area contributed by atoms with E-state index in [2.05, 4.69) is 80.6 Å². The van der Waals surface area contributed by atoms with Gasteiger partial charge in [-0.15, -0.1) is 10.2 Å². The molecule has 8 nitrogen and oxygen atoms in total. The summed E-state index contributed by atoms with van der Waals surface area (Å²) in [6, 6.07) is 27.0. The summed E-state index contributed by atoms with van der Waals surface area (Å²) in [7, 11) is 1.68. The third-order valence-corrected chi connectivity index (χ3v) is 8.14. The summed E-state index contributed by atoms with van der Waals surface area (Å²) in [5.74, 6) is 2.69. The van der Waals surface area contributed by atoms with Crippen LogP contribution in [0.3, 0.4) is 0 Å². The summed E-state index contributed by atoms with van der Waals surface area (Å²) in [6.07, 6.45) is 8.21. The van der Waals surface area contributed by atoms with Crippen LogP contribution in [0.5, 0.6) is 5.75 Å². The summed E-state index contributed by atoms with van der Waals surface area (Å²) in [4.78, 5) is 17.2. The van der Waals surface area contributed by atoms with Crippen molar-refractivity contribution >= 4 is 17.3 Å². The van der Waals surface area contributed by atoms with Crippen LogP contribution in [0.4, 0.5) is 0 Å². The van der Waals surface area contributed by atoms with Crippen LogP contribution in [0, 0.1) is 0 Å². The number of aromatic nitrogens is 4. The maximum Gasteiger partial charge on any atom is 0.310 e. The van der Waals surface area contributed by atoms with Gasteiger partial charge in [0, 0.05) is 30.1 Å². The molecule has 1 amide bonds. The zero-order valence-electron chi connectivity index (χ0n) is 23.3. The van der Waals surface area contributed by atoms with E-state index < -0.39 is 0 Å². The zero-order chi connectivity index (χ0) is 28.0. The molecule has 0 bridgehead atoms.